The number of nitrogens with one attached hydrogen (secondary N) is 1. The molecule has 1 aromatic heterocycles. The van der Waals surface area contributed by atoms with Gasteiger partial charge in [-0.1, -0.05) is 13.8 Å². The van der Waals surface area contributed by atoms with E-state index in [0.717, 1.165) is 19.5 Å². The lowest BCUT2D eigenvalue weighted by Crippen LogP contribution is -2.39. The van der Waals surface area contributed by atoms with Gasteiger partial charge in [-0.2, -0.15) is 9.97 Å². The van der Waals surface area contributed by atoms with Crippen molar-refractivity contribution in [3.05, 3.63) is 10.1 Å². The SMILES string of the molecule is CNc1nc(N)c([N+](=O)[O-])c(N2CC(C)CC(C)C2)n1. The molecule has 2 unspecified atom stereocenters. The van der Waals surface area contributed by atoms with Crippen molar-refractivity contribution in [1.82, 2.24) is 9.97 Å². The van der Waals surface area contributed by atoms with Crippen molar-refractivity contribution in [2.45, 2.75) is 20.3 Å². The average molecular weight is 280 g/mol. The summed E-state index contributed by atoms with van der Waals surface area (Å²) in [5.41, 5.74) is 5.51. The molecule has 8 nitrogen and oxygen atoms in total. The summed E-state index contributed by atoms with van der Waals surface area (Å²) in [4.78, 5) is 20.8. The number of hydrogen-bond acceptors (Lipinski definition) is 7. The van der Waals surface area contributed by atoms with E-state index < -0.39 is 4.92 Å². The molecule has 2 atom stereocenters. The highest BCUT2D eigenvalue weighted by atomic mass is 16.6. The molecule has 110 valence electrons. The van der Waals surface area contributed by atoms with Gasteiger partial charge in [0.15, 0.2) is 0 Å². The maximum Gasteiger partial charge on any atom is 0.353 e. The Labute approximate surface area is 117 Å². The van der Waals surface area contributed by atoms with Gasteiger partial charge in [0.2, 0.25) is 17.6 Å². The first-order valence-corrected chi connectivity index (χ1v) is 6.67. The summed E-state index contributed by atoms with van der Waals surface area (Å²) in [6.07, 6.45) is 1.11. The van der Waals surface area contributed by atoms with Gasteiger partial charge >= 0.3 is 5.69 Å². The van der Waals surface area contributed by atoms with Gasteiger partial charge in [-0.05, 0) is 18.3 Å². The lowest BCUT2D eigenvalue weighted by Gasteiger charge is -2.35. The third kappa shape index (κ3) is 2.73. The van der Waals surface area contributed by atoms with Crippen LogP contribution in [0.3, 0.4) is 0 Å². The number of piperidine rings is 1. The maximum absolute atomic E-state index is 11.2. The summed E-state index contributed by atoms with van der Waals surface area (Å²) in [6.45, 7) is 5.76. The fraction of sp³-hybridized carbons (Fsp3) is 0.667. The summed E-state index contributed by atoms with van der Waals surface area (Å²) in [7, 11) is 1.66. The highest BCUT2D eigenvalue weighted by Gasteiger charge is 2.31. The molecule has 8 heteroatoms. The Morgan fingerprint density at radius 1 is 1.35 bits per heavy atom. The third-order valence-electron chi connectivity index (χ3n) is 3.47. The van der Waals surface area contributed by atoms with Crippen LogP contribution >= 0.6 is 0 Å². The van der Waals surface area contributed by atoms with Gasteiger partial charge in [0.05, 0.1) is 4.92 Å². The van der Waals surface area contributed by atoms with Gasteiger partial charge in [-0.3, -0.25) is 10.1 Å². The van der Waals surface area contributed by atoms with Crippen molar-refractivity contribution in [2.75, 3.05) is 36.1 Å². The first-order valence-electron chi connectivity index (χ1n) is 6.67. The van der Waals surface area contributed by atoms with Crippen LogP contribution in [-0.2, 0) is 0 Å². The number of nitrogens with two attached hydrogens (primary N) is 1. The lowest BCUT2D eigenvalue weighted by molar-refractivity contribution is -0.383. The quantitative estimate of drug-likeness (QED) is 0.637. The predicted octanol–water partition coefficient (Wildman–Crippen LogP) is 1.49. The molecule has 0 bridgehead atoms. The van der Waals surface area contributed by atoms with E-state index in [1.165, 1.54) is 0 Å². The Balaban J connectivity index is 2.47. The Kier molecular flexibility index (Phi) is 3.91. The van der Waals surface area contributed by atoms with Gasteiger partial charge in [0.1, 0.15) is 0 Å². The molecule has 2 heterocycles. The number of aromatic nitrogens is 2. The van der Waals surface area contributed by atoms with Crippen LogP contribution in [-0.4, -0.2) is 35.0 Å². The fourth-order valence-electron chi connectivity index (χ4n) is 2.80. The van der Waals surface area contributed by atoms with Crippen LogP contribution < -0.4 is 16.0 Å². The summed E-state index contributed by atoms with van der Waals surface area (Å²) >= 11 is 0. The fourth-order valence-corrected chi connectivity index (χ4v) is 2.80. The zero-order chi connectivity index (χ0) is 14.9. The van der Waals surface area contributed by atoms with Crippen molar-refractivity contribution in [2.24, 2.45) is 11.8 Å². The molecule has 2 rings (SSSR count). The maximum atomic E-state index is 11.2. The Morgan fingerprint density at radius 3 is 2.45 bits per heavy atom. The van der Waals surface area contributed by atoms with Crippen LogP contribution in [0.25, 0.3) is 0 Å². The average Bonchev–Trinajstić information content (AvgIpc) is 2.35. The van der Waals surface area contributed by atoms with E-state index in [2.05, 4.69) is 29.1 Å². The smallest absolute Gasteiger partial charge is 0.353 e. The molecule has 3 N–H and O–H groups in total. The minimum atomic E-state index is -0.506. The molecule has 20 heavy (non-hydrogen) atoms. The highest BCUT2D eigenvalue weighted by molar-refractivity contribution is 5.71. The molecule has 1 fully saturated rings. The second-order valence-corrected chi connectivity index (χ2v) is 5.46. The normalized spacial score (nSPS) is 22.6. The molecule has 1 aromatic rings. The zero-order valence-electron chi connectivity index (χ0n) is 12.0. The van der Waals surface area contributed by atoms with Gasteiger partial charge in [0.25, 0.3) is 0 Å². The van der Waals surface area contributed by atoms with Crippen LogP contribution in [0.15, 0.2) is 0 Å². The van der Waals surface area contributed by atoms with Crippen LogP contribution in [0.1, 0.15) is 20.3 Å². The molecule has 1 aliphatic rings. The van der Waals surface area contributed by atoms with Crippen LogP contribution in [0.2, 0.25) is 0 Å². The largest absolute Gasteiger partial charge is 0.378 e. The highest BCUT2D eigenvalue weighted by Crippen LogP contribution is 2.35. The number of anilines is 3. The predicted molar refractivity (Wildman–Crippen MR) is 77.8 cm³/mol. The Morgan fingerprint density at radius 2 is 1.95 bits per heavy atom. The molecule has 0 amide bonds. The van der Waals surface area contributed by atoms with E-state index in [-0.39, 0.29) is 11.5 Å². The molecule has 1 saturated heterocycles. The van der Waals surface area contributed by atoms with Crippen molar-refractivity contribution in [3.8, 4) is 0 Å². The first-order chi connectivity index (χ1) is 9.42. The molecule has 1 aliphatic heterocycles. The van der Waals surface area contributed by atoms with Crippen LogP contribution in [0, 0.1) is 22.0 Å². The number of nitrogens with zero attached hydrogens (tertiary/aromatic N) is 4. The zero-order valence-corrected chi connectivity index (χ0v) is 12.0. The van der Waals surface area contributed by atoms with E-state index in [1.54, 1.807) is 7.05 Å². The standard InChI is InChI=1S/C12H20N6O2/c1-7-4-8(2)6-17(5-7)11-9(18(19)20)10(13)15-12(14-3)16-11/h7-8H,4-6H2,1-3H3,(H3,13,14,15,16). The lowest BCUT2D eigenvalue weighted by atomic mass is 9.92. The topological polar surface area (TPSA) is 110 Å². The van der Waals surface area contributed by atoms with Gasteiger partial charge in [-0.25, -0.2) is 0 Å². The van der Waals surface area contributed by atoms with E-state index >= 15 is 0 Å². The third-order valence-corrected chi connectivity index (χ3v) is 3.47. The second kappa shape index (κ2) is 5.48. The first kappa shape index (κ1) is 14.3. The Bertz CT molecular complexity index is 511. The monoisotopic (exact) mass is 280 g/mol. The van der Waals surface area contributed by atoms with Crippen LogP contribution in [0.5, 0.6) is 0 Å². The van der Waals surface area contributed by atoms with Crippen molar-refractivity contribution in [1.29, 1.82) is 0 Å². The van der Waals surface area contributed by atoms with Gasteiger partial charge in [-0.15, -0.1) is 0 Å². The molecule has 0 spiro atoms. The molecular formula is C12H20N6O2. The van der Waals surface area contributed by atoms with Gasteiger partial charge in [0, 0.05) is 20.1 Å². The summed E-state index contributed by atoms with van der Waals surface area (Å²) in [5.74, 6) is 1.44. The minimum Gasteiger partial charge on any atom is -0.378 e. The Hall–Kier alpha value is -2.12. The summed E-state index contributed by atoms with van der Waals surface area (Å²) in [6, 6.07) is 0. The number of rotatable bonds is 3. The van der Waals surface area contributed by atoms with Crippen LogP contribution in [0.4, 0.5) is 23.3 Å². The minimum absolute atomic E-state index is 0.102. The van der Waals surface area contributed by atoms with E-state index in [0.29, 0.717) is 23.6 Å². The van der Waals surface area contributed by atoms with Gasteiger partial charge < -0.3 is 16.0 Å². The summed E-state index contributed by atoms with van der Waals surface area (Å²) < 4.78 is 0. The van der Waals surface area contributed by atoms with E-state index in [4.69, 9.17) is 5.73 Å². The molecule has 0 aliphatic carbocycles. The number of nitro groups is 1. The number of hydrogen-bond donors (Lipinski definition) is 2. The van der Waals surface area contributed by atoms with E-state index in [9.17, 15) is 10.1 Å². The molecule has 0 saturated carbocycles. The van der Waals surface area contributed by atoms with Crippen molar-refractivity contribution in [3.63, 3.8) is 0 Å². The van der Waals surface area contributed by atoms with Crippen molar-refractivity contribution < 1.29 is 4.92 Å². The second-order valence-electron chi connectivity index (χ2n) is 5.46. The molecule has 0 aromatic carbocycles. The molecular weight excluding hydrogens is 260 g/mol. The summed E-state index contributed by atoms with van der Waals surface area (Å²) in [5, 5.41) is 14.0. The molecule has 0 radical (unpaired) electrons. The number of nitrogen functional groups attached to an aromatic ring is 1. The van der Waals surface area contributed by atoms with E-state index in [1.807, 2.05) is 4.90 Å². The van der Waals surface area contributed by atoms with Crippen molar-refractivity contribution >= 4 is 23.3 Å².